The number of ether oxygens (including phenoxy) is 2. The van der Waals surface area contributed by atoms with Crippen LogP contribution in [0.2, 0.25) is 0 Å². The van der Waals surface area contributed by atoms with Crippen molar-refractivity contribution in [1.82, 2.24) is 0 Å². The molecule has 0 heterocycles. The first-order valence-electron chi connectivity index (χ1n) is 5.20. The van der Waals surface area contributed by atoms with Gasteiger partial charge in [0.25, 0.3) is 0 Å². The van der Waals surface area contributed by atoms with Gasteiger partial charge in [-0.2, -0.15) is 0 Å². The molecule has 3 heteroatoms. The Hall–Kier alpha value is -2.29. The van der Waals surface area contributed by atoms with Crippen LogP contribution in [0.15, 0.2) is 54.8 Å². The van der Waals surface area contributed by atoms with Gasteiger partial charge in [-0.3, -0.25) is 0 Å². The van der Waals surface area contributed by atoms with Gasteiger partial charge in [0.15, 0.2) is 0 Å². The number of carbonyl (C=O) groups is 1. The van der Waals surface area contributed by atoms with E-state index in [9.17, 15) is 4.79 Å². The molecule has 0 aliphatic heterocycles. The van der Waals surface area contributed by atoms with E-state index < -0.39 is 5.97 Å². The third-order valence-electron chi connectivity index (χ3n) is 2.30. The Kier molecular flexibility index (Phi) is 3.40. The Morgan fingerprint density at radius 1 is 1.12 bits per heavy atom. The summed E-state index contributed by atoms with van der Waals surface area (Å²) in [6.45, 7) is 0. The van der Waals surface area contributed by atoms with Crippen molar-refractivity contribution < 1.29 is 14.3 Å². The molecule has 0 saturated heterocycles. The zero-order chi connectivity index (χ0) is 12.1. The van der Waals surface area contributed by atoms with E-state index in [1.807, 2.05) is 36.4 Å². The van der Waals surface area contributed by atoms with E-state index in [0.717, 1.165) is 10.8 Å². The number of rotatable bonds is 3. The highest BCUT2D eigenvalue weighted by molar-refractivity contribution is 5.92. The maximum absolute atomic E-state index is 11.4. The largest absolute Gasteiger partial charge is 0.504 e. The Morgan fingerprint density at radius 2 is 1.88 bits per heavy atom. The second kappa shape index (κ2) is 5.16. The summed E-state index contributed by atoms with van der Waals surface area (Å²) in [5.41, 5.74) is 0. The van der Waals surface area contributed by atoms with Crippen LogP contribution in [0.3, 0.4) is 0 Å². The third kappa shape index (κ3) is 2.64. The minimum atomic E-state index is -0.455. The normalized spacial score (nSPS) is 10.6. The van der Waals surface area contributed by atoms with Crippen molar-refractivity contribution in [2.24, 2.45) is 0 Å². The van der Waals surface area contributed by atoms with E-state index in [2.05, 4.69) is 4.74 Å². The molecule has 0 N–H and O–H groups in total. The van der Waals surface area contributed by atoms with Crippen LogP contribution in [-0.2, 0) is 9.53 Å². The van der Waals surface area contributed by atoms with Crippen LogP contribution in [-0.4, -0.2) is 13.1 Å². The average molecular weight is 228 g/mol. The van der Waals surface area contributed by atoms with Crippen molar-refractivity contribution in [3.05, 3.63) is 54.8 Å². The maximum atomic E-state index is 11.4. The van der Waals surface area contributed by atoms with Crippen molar-refractivity contribution in [2.75, 3.05) is 7.11 Å². The van der Waals surface area contributed by atoms with Gasteiger partial charge in [-0.15, -0.1) is 0 Å². The highest BCUT2D eigenvalue weighted by Crippen LogP contribution is 2.25. The molecule has 17 heavy (non-hydrogen) atoms. The van der Waals surface area contributed by atoms with Gasteiger partial charge in [0.1, 0.15) is 5.75 Å². The van der Waals surface area contributed by atoms with Crippen LogP contribution < -0.4 is 4.74 Å². The van der Waals surface area contributed by atoms with Crippen LogP contribution in [0, 0.1) is 0 Å². The third-order valence-corrected chi connectivity index (χ3v) is 2.30. The average Bonchev–Trinajstić information content (AvgIpc) is 2.37. The highest BCUT2D eigenvalue weighted by Gasteiger charge is 2.04. The first-order valence-corrected chi connectivity index (χ1v) is 5.20. The predicted molar refractivity (Wildman–Crippen MR) is 65.7 cm³/mol. The van der Waals surface area contributed by atoms with Crippen LogP contribution in [0.4, 0.5) is 0 Å². The Morgan fingerprint density at radius 3 is 2.71 bits per heavy atom. The van der Waals surface area contributed by atoms with Crippen molar-refractivity contribution in [1.29, 1.82) is 0 Å². The van der Waals surface area contributed by atoms with Crippen LogP contribution >= 0.6 is 0 Å². The van der Waals surface area contributed by atoms with E-state index in [1.165, 1.54) is 19.4 Å². The molecule has 0 amide bonds. The zero-order valence-corrected chi connectivity index (χ0v) is 9.42. The molecule has 2 rings (SSSR count). The molecular weight excluding hydrogens is 216 g/mol. The van der Waals surface area contributed by atoms with E-state index in [-0.39, 0.29) is 0 Å². The van der Waals surface area contributed by atoms with Crippen molar-refractivity contribution in [3.8, 4) is 5.75 Å². The molecule has 86 valence electrons. The smallest absolute Gasteiger partial charge is 0.339 e. The lowest BCUT2D eigenvalue weighted by molar-refractivity contribution is -0.129. The highest BCUT2D eigenvalue weighted by atomic mass is 16.5. The first-order chi connectivity index (χ1) is 8.31. The number of carbonyl (C=O) groups excluding carboxylic acids is 1. The standard InChI is InChI=1S/C14H12O3/c1-16-10-9-14(15)17-13-8-4-6-11-5-2-3-7-12(11)13/h2-10H,1H3. The summed E-state index contributed by atoms with van der Waals surface area (Å²) in [5, 5.41) is 1.95. The number of hydrogen-bond acceptors (Lipinski definition) is 3. The van der Waals surface area contributed by atoms with Crippen molar-refractivity contribution >= 4 is 16.7 Å². The van der Waals surface area contributed by atoms with Crippen molar-refractivity contribution in [2.45, 2.75) is 0 Å². The molecular formula is C14H12O3. The van der Waals surface area contributed by atoms with Crippen molar-refractivity contribution in [3.63, 3.8) is 0 Å². The minimum absolute atomic E-state index is 0.455. The molecule has 0 saturated carbocycles. The zero-order valence-electron chi connectivity index (χ0n) is 9.42. The SMILES string of the molecule is COC=CC(=O)Oc1cccc2ccccc12. The summed E-state index contributed by atoms with van der Waals surface area (Å²) < 4.78 is 9.88. The summed E-state index contributed by atoms with van der Waals surface area (Å²) in [5.74, 6) is 0.0945. The molecule has 3 nitrogen and oxygen atoms in total. The number of benzene rings is 2. The fraction of sp³-hybridized carbons (Fsp3) is 0.0714. The van der Waals surface area contributed by atoms with Gasteiger partial charge >= 0.3 is 5.97 Å². The molecule has 2 aromatic carbocycles. The molecule has 0 bridgehead atoms. The van der Waals surface area contributed by atoms with Crippen LogP contribution in [0.5, 0.6) is 5.75 Å². The summed E-state index contributed by atoms with van der Waals surface area (Å²) in [7, 11) is 1.47. The molecule has 0 aromatic heterocycles. The number of hydrogen-bond donors (Lipinski definition) is 0. The first kappa shape index (κ1) is 11.2. The monoisotopic (exact) mass is 228 g/mol. The molecule has 0 spiro atoms. The summed E-state index contributed by atoms with van der Waals surface area (Å²) >= 11 is 0. The van der Waals surface area contributed by atoms with Gasteiger partial charge in [-0.1, -0.05) is 36.4 Å². The Labute approximate surface area is 99.3 Å². The van der Waals surface area contributed by atoms with Crippen LogP contribution in [0.1, 0.15) is 0 Å². The second-order valence-corrected chi connectivity index (χ2v) is 3.44. The predicted octanol–water partition coefficient (Wildman–Crippen LogP) is 2.91. The number of esters is 1. The van der Waals surface area contributed by atoms with E-state index in [0.29, 0.717) is 5.75 Å². The van der Waals surface area contributed by atoms with Gasteiger partial charge in [0, 0.05) is 5.39 Å². The summed E-state index contributed by atoms with van der Waals surface area (Å²) in [6, 6.07) is 13.3. The van der Waals surface area contributed by atoms with Gasteiger partial charge in [-0.25, -0.2) is 4.79 Å². The van der Waals surface area contributed by atoms with E-state index in [1.54, 1.807) is 6.07 Å². The van der Waals surface area contributed by atoms with Gasteiger partial charge in [-0.05, 0) is 11.5 Å². The summed E-state index contributed by atoms with van der Waals surface area (Å²) in [6.07, 6.45) is 2.52. The van der Waals surface area contributed by atoms with E-state index >= 15 is 0 Å². The molecule has 0 aliphatic rings. The van der Waals surface area contributed by atoms with Gasteiger partial charge in [0.05, 0.1) is 19.4 Å². The molecule has 2 aromatic rings. The molecule has 0 unspecified atom stereocenters. The second-order valence-electron chi connectivity index (χ2n) is 3.44. The number of fused-ring (bicyclic) bond motifs is 1. The lowest BCUT2D eigenvalue weighted by Gasteiger charge is -2.05. The lowest BCUT2D eigenvalue weighted by Crippen LogP contribution is -2.04. The number of methoxy groups -OCH3 is 1. The fourth-order valence-electron chi connectivity index (χ4n) is 1.55. The van der Waals surface area contributed by atoms with Gasteiger partial charge in [0.2, 0.25) is 0 Å². The molecule has 0 aliphatic carbocycles. The van der Waals surface area contributed by atoms with E-state index in [4.69, 9.17) is 4.74 Å². The maximum Gasteiger partial charge on any atom is 0.339 e. The molecule has 0 radical (unpaired) electrons. The molecule has 0 fully saturated rings. The Balaban J connectivity index is 2.30. The summed E-state index contributed by atoms with van der Waals surface area (Å²) in [4.78, 5) is 11.4. The van der Waals surface area contributed by atoms with Crippen LogP contribution in [0.25, 0.3) is 10.8 Å². The minimum Gasteiger partial charge on any atom is -0.504 e. The molecule has 0 atom stereocenters. The quantitative estimate of drug-likeness (QED) is 0.350. The van der Waals surface area contributed by atoms with Gasteiger partial charge < -0.3 is 9.47 Å². The Bertz CT molecular complexity index is 553. The lowest BCUT2D eigenvalue weighted by atomic mass is 10.1. The fourth-order valence-corrected chi connectivity index (χ4v) is 1.55. The topological polar surface area (TPSA) is 35.5 Å².